The smallest absolute Gasteiger partial charge is 0.335 e. The maximum atomic E-state index is 12.7. The number of anilines is 1. The van der Waals surface area contributed by atoms with E-state index in [1.165, 1.54) is 47.6 Å². The number of carboxylic acids is 1. The molecule has 26 heavy (non-hydrogen) atoms. The van der Waals surface area contributed by atoms with Crippen molar-refractivity contribution in [1.82, 2.24) is 0 Å². The monoisotopic (exact) mass is 382 g/mol. The number of nitriles is 1. The number of hydrogen-bond donors (Lipinski definition) is 1. The van der Waals surface area contributed by atoms with Gasteiger partial charge in [0.05, 0.1) is 34.1 Å². The zero-order valence-corrected chi connectivity index (χ0v) is 14.7. The molecule has 0 radical (unpaired) electrons. The third-order valence-corrected chi connectivity index (χ3v) is 4.72. The fourth-order valence-corrected chi connectivity index (χ4v) is 3.51. The van der Waals surface area contributed by atoms with Crippen LogP contribution in [0.15, 0.2) is 63.6 Å². The van der Waals surface area contributed by atoms with E-state index in [4.69, 9.17) is 21.7 Å². The average molecular weight is 382 g/mol. The van der Waals surface area contributed by atoms with Crippen molar-refractivity contribution >= 4 is 51.9 Å². The van der Waals surface area contributed by atoms with E-state index in [1.54, 1.807) is 12.1 Å². The van der Waals surface area contributed by atoms with Crippen molar-refractivity contribution in [2.24, 2.45) is 0 Å². The van der Waals surface area contributed by atoms with Gasteiger partial charge in [0.1, 0.15) is 5.76 Å². The molecule has 1 aliphatic rings. The second-order valence-corrected chi connectivity index (χ2v) is 6.77. The lowest BCUT2D eigenvalue weighted by Crippen LogP contribution is -2.27. The van der Waals surface area contributed by atoms with Gasteiger partial charge in [-0.3, -0.25) is 9.69 Å². The molecule has 0 saturated carbocycles. The van der Waals surface area contributed by atoms with Crippen LogP contribution < -0.4 is 4.90 Å². The second-order valence-electron chi connectivity index (χ2n) is 5.10. The first-order chi connectivity index (χ1) is 12.5. The van der Waals surface area contributed by atoms with E-state index in [-0.39, 0.29) is 17.0 Å². The fourth-order valence-electron chi connectivity index (χ4n) is 2.22. The summed E-state index contributed by atoms with van der Waals surface area (Å²) >= 11 is 6.33. The number of allylic oxidation sites excluding steroid dienone is 2. The number of carbonyl (C=O) groups excluding carboxylic acids is 1. The Morgan fingerprint density at radius 2 is 2.04 bits per heavy atom. The Kier molecular flexibility index (Phi) is 5.02. The van der Waals surface area contributed by atoms with Crippen molar-refractivity contribution in [1.29, 1.82) is 5.26 Å². The number of hydrogen-bond acceptors (Lipinski definition) is 6. The summed E-state index contributed by atoms with van der Waals surface area (Å²) in [5.74, 6) is -0.926. The van der Waals surface area contributed by atoms with Crippen LogP contribution in [-0.4, -0.2) is 21.3 Å². The van der Waals surface area contributed by atoms with E-state index in [1.807, 2.05) is 6.07 Å². The van der Waals surface area contributed by atoms with Gasteiger partial charge < -0.3 is 9.52 Å². The van der Waals surface area contributed by atoms with E-state index in [0.717, 1.165) is 11.8 Å². The Balaban J connectivity index is 1.89. The molecule has 1 aromatic heterocycles. The molecule has 1 aliphatic heterocycles. The predicted octanol–water partition coefficient (Wildman–Crippen LogP) is 3.83. The van der Waals surface area contributed by atoms with Crippen molar-refractivity contribution in [2.75, 3.05) is 4.90 Å². The first kappa shape index (κ1) is 17.7. The molecule has 0 spiro atoms. The van der Waals surface area contributed by atoms with Crippen LogP contribution in [0.1, 0.15) is 16.1 Å². The molecular weight excluding hydrogens is 372 g/mol. The lowest BCUT2D eigenvalue weighted by molar-refractivity contribution is -0.113. The van der Waals surface area contributed by atoms with Crippen molar-refractivity contribution in [3.05, 3.63) is 70.5 Å². The molecule has 1 aromatic carbocycles. The minimum Gasteiger partial charge on any atom is -0.478 e. The highest BCUT2D eigenvalue weighted by Gasteiger charge is 2.33. The van der Waals surface area contributed by atoms with E-state index < -0.39 is 5.97 Å². The number of carboxylic acid groups (broad SMARTS) is 1. The van der Waals surface area contributed by atoms with Gasteiger partial charge >= 0.3 is 5.97 Å². The number of thioether (sulfide) groups is 1. The summed E-state index contributed by atoms with van der Waals surface area (Å²) in [6.45, 7) is 0. The molecule has 0 atom stereocenters. The Bertz CT molecular complexity index is 983. The molecule has 0 aliphatic carbocycles. The number of benzene rings is 1. The molecule has 8 heteroatoms. The summed E-state index contributed by atoms with van der Waals surface area (Å²) in [5.41, 5.74) is 0.832. The molecule has 0 unspecified atom stereocenters. The van der Waals surface area contributed by atoms with Gasteiger partial charge in [0.25, 0.3) is 5.91 Å². The topological polar surface area (TPSA) is 94.5 Å². The Hall–Kier alpha value is -3.15. The van der Waals surface area contributed by atoms with E-state index in [2.05, 4.69) is 0 Å². The largest absolute Gasteiger partial charge is 0.478 e. The van der Waals surface area contributed by atoms with Gasteiger partial charge in [-0.05, 0) is 48.6 Å². The molecule has 128 valence electrons. The molecule has 0 bridgehead atoms. The van der Waals surface area contributed by atoms with Gasteiger partial charge in [0, 0.05) is 0 Å². The number of thiocarbonyl (C=S) groups is 1. The highest BCUT2D eigenvalue weighted by molar-refractivity contribution is 8.27. The normalized spacial score (nSPS) is 16.2. The SMILES string of the molecule is N#CC(=C\c1ccco1)/C=C1\SC(=S)N(c2ccc(C(=O)O)cc2)C1=O. The quantitative estimate of drug-likeness (QED) is 0.488. The number of carbonyl (C=O) groups is 2. The van der Waals surface area contributed by atoms with Crippen LogP contribution in [0.5, 0.6) is 0 Å². The summed E-state index contributed by atoms with van der Waals surface area (Å²) < 4.78 is 5.47. The molecule has 2 aromatic rings. The number of aromatic carboxylic acids is 1. The lowest BCUT2D eigenvalue weighted by Gasteiger charge is -2.14. The standard InChI is InChI=1S/C18H10N2O4S2/c19-10-11(8-14-2-1-7-24-14)9-15-16(21)20(18(25)26-15)13-5-3-12(4-6-13)17(22)23/h1-9H,(H,22,23)/b11-8-,15-9-. The number of amides is 1. The molecular formula is C18H10N2O4S2. The number of nitrogens with zero attached hydrogens (tertiary/aromatic N) is 2. The average Bonchev–Trinajstić information content (AvgIpc) is 3.22. The van der Waals surface area contributed by atoms with Crippen LogP contribution >= 0.6 is 24.0 Å². The molecule has 1 saturated heterocycles. The maximum absolute atomic E-state index is 12.7. The Morgan fingerprint density at radius 1 is 1.31 bits per heavy atom. The van der Waals surface area contributed by atoms with Crippen LogP contribution in [-0.2, 0) is 4.79 Å². The molecule has 3 rings (SSSR count). The van der Waals surface area contributed by atoms with Gasteiger partial charge in [0.2, 0.25) is 0 Å². The molecule has 1 amide bonds. The van der Waals surface area contributed by atoms with Crippen LogP contribution in [0, 0.1) is 11.3 Å². The summed E-state index contributed by atoms with van der Waals surface area (Å²) in [6.07, 6.45) is 4.46. The summed E-state index contributed by atoms with van der Waals surface area (Å²) in [7, 11) is 0. The van der Waals surface area contributed by atoms with Crippen molar-refractivity contribution in [2.45, 2.75) is 0 Å². The van der Waals surface area contributed by atoms with Gasteiger partial charge in [0.15, 0.2) is 4.32 Å². The first-order valence-corrected chi connectivity index (χ1v) is 8.48. The first-order valence-electron chi connectivity index (χ1n) is 7.26. The predicted molar refractivity (Wildman–Crippen MR) is 101 cm³/mol. The van der Waals surface area contributed by atoms with E-state index in [9.17, 15) is 14.9 Å². The minimum absolute atomic E-state index is 0.114. The second kappa shape index (κ2) is 7.39. The van der Waals surface area contributed by atoms with Crippen LogP contribution in [0.4, 0.5) is 5.69 Å². The van der Waals surface area contributed by atoms with E-state index >= 15 is 0 Å². The van der Waals surface area contributed by atoms with Crippen molar-refractivity contribution in [3.8, 4) is 6.07 Å². The molecule has 1 N–H and O–H groups in total. The van der Waals surface area contributed by atoms with Gasteiger partial charge in [-0.25, -0.2) is 4.79 Å². The van der Waals surface area contributed by atoms with Gasteiger partial charge in [-0.15, -0.1) is 0 Å². The summed E-state index contributed by atoms with van der Waals surface area (Å²) in [6, 6.07) is 11.2. The lowest BCUT2D eigenvalue weighted by atomic mass is 10.2. The van der Waals surface area contributed by atoms with Crippen molar-refractivity contribution in [3.63, 3.8) is 0 Å². The van der Waals surface area contributed by atoms with Crippen LogP contribution in [0.2, 0.25) is 0 Å². The number of furan rings is 1. The van der Waals surface area contributed by atoms with Crippen molar-refractivity contribution < 1.29 is 19.1 Å². The Morgan fingerprint density at radius 3 is 2.62 bits per heavy atom. The van der Waals surface area contributed by atoms with Gasteiger partial charge in [-0.1, -0.05) is 24.0 Å². The Labute approximate surface area is 158 Å². The van der Waals surface area contributed by atoms with Crippen LogP contribution in [0.25, 0.3) is 6.08 Å². The fraction of sp³-hybridized carbons (Fsp3) is 0. The maximum Gasteiger partial charge on any atom is 0.335 e. The third-order valence-electron chi connectivity index (χ3n) is 3.42. The van der Waals surface area contributed by atoms with Crippen LogP contribution in [0.3, 0.4) is 0 Å². The minimum atomic E-state index is -1.05. The third kappa shape index (κ3) is 3.59. The van der Waals surface area contributed by atoms with E-state index in [0.29, 0.717) is 20.7 Å². The molecule has 2 heterocycles. The zero-order chi connectivity index (χ0) is 18.7. The zero-order valence-electron chi connectivity index (χ0n) is 13.1. The highest BCUT2D eigenvalue weighted by atomic mass is 32.2. The molecule has 1 fully saturated rings. The van der Waals surface area contributed by atoms with Gasteiger partial charge in [-0.2, -0.15) is 5.26 Å². The highest BCUT2D eigenvalue weighted by Crippen LogP contribution is 2.35. The summed E-state index contributed by atoms with van der Waals surface area (Å²) in [4.78, 5) is 25.2. The summed E-state index contributed by atoms with van der Waals surface area (Å²) in [5, 5.41) is 18.2. The number of rotatable bonds is 4. The molecule has 6 nitrogen and oxygen atoms in total.